The lowest BCUT2D eigenvalue weighted by Crippen LogP contribution is -2.39. The van der Waals surface area contributed by atoms with Crippen molar-refractivity contribution in [2.45, 2.75) is 40.0 Å². The van der Waals surface area contributed by atoms with E-state index < -0.39 is 12.7 Å². The zero-order valence-corrected chi connectivity index (χ0v) is 20.9. The lowest BCUT2D eigenvalue weighted by molar-refractivity contribution is -0.0498. The second-order valence-electron chi connectivity index (χ2n) is 6.74. The molecule has 0 saturated heterocycles. The van der Waals surface area contributed by atoms with E-state index in [2.05, 4.69) is 44.1 Å². The van der Waals surface area contributed by atoms with Crippen molar-refractivity contribution < 1.29 is 18.6 Å². The predicted octanol–water partition coefficient (Wildman–Crippen LogP) is 3.94. The summed E-state index contributed by atoms with van der Waals surface area (Å²) >= 11 is 0. The van der Waals surface area contributed by atoms with Gasteiger partial charge in [0.1, 0.15) is 11.6 Å². The molecule has 0 aliphatic heterocycles. The molecule has 0 radical (unpaired) electrons. The smallest absolute Gasteiger partial charge is 0.387 e. The maximum Gasteiger partial charge on any atom is 0.387 e. The van der Waals surface area contributed by atoms with E-state index in [0.717, 1.165) is 24.5 Å². The van der Waals surface area contributed by atoms with Crippen LogP contribution in [0.3, 0.4) is 0 Å². The Balaban J connectivity index is 0.00000512. The number of alkyl halides is 2. The number of hydrogen-bond acceptors (Lipinski definition) is 5. The minimum absolute atomic E-state index is 0. The highest BCUT2D eigenvalue weighted by Crippen LogP contribution is 2.19. The molecule has 1 aromatic heterocycles. The van der Waals surface area contributed by atoms with Crippen molar-refractivity contribution in [1.29, 1.82) is 0 Å². The highest BCUT2D eigenvalue weighted by atomic mass is 127. The van der Waals surface area contributed by atoms with Gasteiger partial charge in [0, 0.05) is 32.4 Å². The van der Waals surface area contributed by atoms with Crippen LogP contribution in [-0.4, -0.2) is 48.8 Å². The lowest BCUT2D eigenvalue weighted by Gasteiger charge is -2.19. The maximum atomic E-state index is 12.2. The Hall–Kier alpha value is -2.21. The van der Waals surface area contributed by atoms with Crippen molar-refractivity contribution in [3.05, 3.63) is 53.7 Å². The van der Waals surface area contributed by atoms with Gasteiger partial charge in [-0.2, -0.15) is 8.78 Å². The minimum atomic E-state index is -2.88. The number of guanidine groups is 1. The molecule has 10 heteroatoms. The number of aromatic nitrogens is 1. The van der Waals surface area contributed by atoms with Crippen molar-refractivity contribution in [3.63, 3.8) is 0 Å². The molecule has 0 aliphatic rings. The number of nitrogens with zero attached hydrogens (tertiary/aromatic N) is 3. The first-order chi connectivity index (χ1) is 15.0. The Kier molecular flexibility index (Phi) is 12.8. The van der Waals surface area contributed by atoms with E-state index in [1.165, 1.54) is 12.1 Å². The Morgan fingerprint density at radius 2 is 1.78 bits per heavy atom. The fourth-order valence-electron chi connectivity index (χ4n) is 2.94. The standard InChI is InChI=1S/C22H31F2N5O2.HI/c1-4-25-22(27-14-16-7-12-20(26-13-16)29(5-2)6-3)28-15-19(30)17-8-10-18(11-9-17)31-21(23)24;/h7-13,19,21,30H,4-6,14-15H2,1-3H3,(H2,25,27,28);1H. The van der Waals surface area contributed by atoms with Crippen LogP contribution in [-0.2, 0) is 6.54 Å². The van der Waals surface area contributed by atoms with Gasteiger partial charge in [0.25, 0.3) is 0 Å². The molecule has 32 heavy (non-hydrogen) atoms. The molecule has 0 fully saturated rings. The number of anilines is 1. The normalized spacial score (nSPS) is 12.2. The summed E-state index contributed by atoms with van der Waals surface area (Å²) in [5, 5.41) is 16.6. The van der Waals surface area contributed by atoms with Crippen LogP contribution in [0.5, 0.6) is 5.75 Å². The largest absolute Gasteiger partial charge is 0.435 e. The molecule has 3 N–H and O–H groups in total. The van der Waals surface area contributed by atoms with Crippen LogP contribution in [0.25, 0.3) is 0 Å². The molecule has 1 heterocycles. The first kappa shape index (κ1) is 27.8. The molecule has 0 spiro atoms. The molecule has 0 amide bonds. The Labute approximate surface area is 205 Å². The van der Waals surface area contributed by atoms with Crippen molar-refractivity contribution in [1.82, 2.24) is 15.6 Å². The average molecular weight is 563 g/mol. The summed E-state index contributed by atoms with van der Waals surface area (Å²) in [6, 6.07) is 9.90. The predicted molar refractivity (Wildman–Crippen MR) is 134 cm³/mol. The second kappa shape index (κ2) is 14.8. The SMILES string of the molecule is CCNC(=NCc1ccc(N(CC)CC)nc1)NCC(O)c1ccc(OC(F)F)cc1.I. The van der Waals surface area contributed by atoms with Gasteiger partial charge in [-0.15, -0.1) is 24.0 Å². The van der Waals surface area contributed by atoms with Gasteiger partial charge in [0.2, 0.25) is 0 Å². The third-order valence-corrected chi connectivity index (χ3v) is 4.61. The zero-order valence-electron chi connectivity index (χ0n) is 18.6. The number of rotatable bonds is 11. The number of pyridine rings is 1. The van der Waals surface area contributed by atoms with E-state index in [9.17, 15) is 13.9 Å². The first-order valence-electron chi connectivity index (χ1n) is 10.4. The number of aliphatic hydroxyl groups excluding tert-OH is 1. The maximum absolute atomic E-state index is 12.2. The Morgan fingerprint density at radius 3 is 2.31 bits per heavy atom. The number of halogens is 3. The summed E-state index contributed by atoms with van der Waals surface area (Å²) in [4.78, 5) is 11.2. The van der Waals surface area contributed by atoms with Gasteiger partial charge in [0.05, 0.1) is 12.6 Å². The van der Waals surface area contributed by atoms with Crippen molar-refractivity contribution >= 4 is 35.8 Å². The van der Waals surface area contributed by atoms with E-state index >= 15 is 0 Å². The topological polar surface area (TPSA) is 82.0 Å². The molecule has 0 aliphatic carbocycles. The monoisotopic (exact) mass is 563 g/mol. The fourth-order valence-corrected chi connectivity index (χ4v) is 2.94. The Morgan fingerprint density at radius 1 is 1.09 bits per heavy atom. The summed E-state index contributed by atoms with van der Waals surface area (Å²) in [7, 11) is 0. The summed E-state index contributed by atoms with van der Waals surface area (Å²) in [5.74, 6) is 1.55. The highest BCUT2D eigenvalue weighted by molar-refractivity contribution is 14.0. The minimum Gasteiger partial charge on any atom is -0.435 e. The molecule has 2 rings (SSSR count). The number of ether oxygens (including phenoxy) is 1. The highest BCUT2D eigenvalue weighted by Gasteiger charge is 2.10. The summed E-state index contributed by atoms with van der Waals surface area (Å²) < 4.78 is 28.8. The van der Waals surface area contributed by atoms with E-state index in [0.29, 0.717) is 24.6 Å². The lowest BCUT2D eigenvalue weighted by atomic mass is 10.1. The van der Waals surface area contributed by atoms with Crippen LogP contribution in [0.4, 0.5) is 14.6 Å². The Bertz CT molecular complexity index is 803. The van der Waals surface area contributed by atoms with E-state index in [1.807, 2.05) is 25.3 Å². The fraction of sp³-hybridized carbons (Fsp3) is 0.455. The number of aliphatic hydroxyl groups is 1. The summed E-state index contributed by atoms with van der Waals surface area (Å²) in [6.45, 7) is 6.39. The average Bonchev–Trinajstić information content (AvgIpc) is 2.77. The quantitative estimate of drug-likeness (QED) is 0.219. The molecule has 178 valence electrons. The second-order valence-corrected chi connectivity index (χ2v) is 6.74. The van der Waals surface area contributed by atoms with Gasteiger partial charge in [-0.1, -0.05) is 18.2 Å². The molecule has 1 aromatic carbocycles. The number of benzene rings is 1. The molecular weight excluding hydrogens is 531 g/mol. The molecule has 1 atom stereocenters. The van der Waals surface area contributed by atoms with E-state index in [1.54, 1.807) is 12.1 Å². The van der Waals surface area contributed by atoms with Crippen LogP contribution < -0.4 is 20.3 Å². The molecule has 2 aromatic rings. The third-order valence-electron chi connectivity index (χ3n) is 4.61. The molecule has 0 saturated carbocycles. The summed E-state index contributed by atoms with van der Waals surface area (Å²) in [6.07, 6.45) is 0.984. The van der Waals surface area contributed by atoms with Gasteiger partial charge in [-0.05, 0) is 50.1 Å². The van der Waals surface area contributed by atoms with Gasteiger partial charge < -0.3 is 25.4 Å². The van der Waals surface area contributed by atoms with E-state index in [4.69, 9.17) is 0 Å². The number of aliphatic imine (C=N–C) groups is 1. The first-order valence-corrected chi connectivity index (χ1v) is 10.4. The molecule has 1 unspecified atom stereocenters. The van der Waals surface area contributed by atoms with Crippen LogP contribution in [0.1, 0.15) is 38.0 Å². The van der Waals surface area contributed by atoms with Gasteiger partial charge >= 0.3 is 6.61 Å². The van der Waals surface area contributed by atoms with Crippen molar-refractivity contribution in [2.24, 2.45) is 4.99 Å². The summed E-state index contributed by atoms with van der Waals surface area (Å²) in [5.41, 5.74) is 1.56. The van der Waals surface area contributed by atoms with Gasteiger partial charge in [0.15, 0.2) is 5.96 Å². The van der Waals surface area contributed by atoms with Gasteiger partial charge in [-0.3, -0.25) is 0 Å². The van der Waals surface area contributed by atoms with Crippen molar-refractivity contribution in [3.8, 4) is 5.75 Å². The third kappa shape index (κ3) is 9.11. The van der Waals surface area contributed by atoms with Gasteiger partial charge in [-0.25, -0.2) is 9.98 Å². The van der Waals surface area contributed by atoms with Crippen molar-refractivity contribution in [2.75, 3.05) is 31.1 Å². The van der Waals surface area contributed by atoms with E-state index in [-0.39, 0.29) is 36.3 Å². The van der Waals surface area contributed by atoms with Crippen LogP contribution in [0, 0.1) is 0 Å². The zero-order chi connectivity index (χ0) is 22.6. The van der Waals surface area contributed by atoms with Crippen LogP contribution in [0.15, 0.2) is 47.6 Å². The molecular formula is C22H32F2IN5O2. The number of hydrogen-bond donors (Lipinski definition) is 3. The number of nitrogens with one attached hydrogen (secondary N) is 2. The molecule has 0 bridgehead atoms. The van der Waals surface area contributed by atoms with Crippen LogP contribution in [0.2, 0.25) is 0 Å². The van der Waals surface area contributed by atoms with Crippen LogP contribution >= 0.6 is 24.0 Å². The molecule has 7 nitrogen and oxygen atoms in total.